The largest absolute Gasteiger partial charge is 0.492 e. The molecule has 1 aromatic rings. The van der Waals surface area contributed by atoms with Crippen LogP contribution in [0, 0.1) is 13.8 Å². The fourth-order valence-corrected chi connectivity index (χ4v) is 2.93. The van der Waals surface area contributed by atoms with Gasteiger partial charge in [0, 0.05) is 12.6 Å². The van der Waals surface area contributed by atoms with Gasteiger partial charge in [0.1, 0.15) is 12.4 Å². The quantitative estimate of drug-likeness (QED) is 0.639. The minimum absolute atomic E-state index is 0.712. The molecule has 0 heterocycles. The molecule has 2 rings (SSSR count). The van der Waals surface area contributed by atoms with Crippen LogP contribution in [0.5, 0.6) is 5.75 Å². The summed E-state index contributed by atoms with van der Waals surface area (Å²) < 4.78 is 5.93. The van der Waals surface area contributed by atoms with Gasteiger partial charge in [-0.2, -0.15) is 0 Å². The van der Waals surface area contributed by atoms with Crippen LogP contribution in [0.4, 0.5) is 0 Å². The summed E-state index contributed by atoms with van der Waals surface area (Å²) in [5, 5.41) is 3.65. The molecule has 0 saturated heterocycles. The first kappa shape index (κ1) is 14.4. The standard InChI is InChI=1S/C17H27NO/c1-14-8-7-9-15(2)17(14)19-13-12-18-16-10-5-3-4-6-11-16/h7-9,16,18H,3-6,10-13H2,1-2H3. The van der Waals surface area contributed by atoms with Crippen LogP contribution in [0.2, 0.25) is 0 Å². The number of hydrogen-bond acceptors (Lipinski definition) is 2. The zero-order valence-corrected chi connectivity index (χ0v) is 12.4. The Labute approximate surface area is 117 Å². The van der Waals surface area contributed by atoms with Crippen LogP contribution in [0.1, 0.15) is 49.7 Å². The Morgan fingerprint density at radius 2 is 1.68 bits per heavy atom. The Morgan fingerprint density at radius 3 is 2.32 bits per heavy atom. The first-order chi connectivity index (χ1) is 9.27. The Balaban J connectivity index is 1.71. The molecule has 2 nitrogen and oxygen atoms in total. The van der Waals surface area contributed by atoms with E-state index in [-0.39, 0.29) is 0 Å². The predicted molar refractivity (Wildman–Crippen MR) is 80.9 cm³/mol. The molecule has 2 heteroatoms. The number of aryl methyl sites for hydroxylation is 2. The van der Waals surface area contributed by atoms with Gasteiger partial charge in [0.05, 0.1) is 0 Å². The highest BCUT2D eigenvalue weighted by Gasteiger charge is 2.11. The van der Waals surface area contributed by atoms with Crippen LogP contribution in [0.3, 0.4) is 0 Å². The van der Waals surface area contributed by atoms with Crippen molar-refractivity contribution in [1.29, 1.82) is 0 Å². The van der Waals surface area contributed by atoms with E-state index in [0.29, 0.717) is 6.04 Å². The van der Waals surface area contributed by atoms with Gasteiger partial charge in [-0.05, 0) is 37.8 Å². The number of para-hydroxylation sites is 1. The fourth-order valence-electron chi connectivity index (χ4n) is 2.93. The van der Waals surface area contributed by atoms with Gasteiger partial charge in [-0.1, -0.05) is 43.9 Å². The van der Waals surface area contributed by atoms with Crippen molar-refractivity contribution in [3.8, 4) is 5.75 Å². The fraction of sp³-hybridized carbons (Fsp3) is 0.647. The molecule has 1 aliphatic rings. The van der Waals surface area contributed by atoms with Crippen molar-refractivity contribution in [2.24, 2.45) is 0 Å². The highest BCUT2D eigenvalue weighted by atomic mass is 16.5. The Kier molecular flexibility index (Phi) is 5.71. The van der Waals surface area contributed by atoms with Crippen molar-refractivity contribution in [2.75, 3.05) is 13.2 Å². The third kappa shape index (κ3) is 4.54. The van der Waals surface area contributed by atoms with Crippen molar-refractivity contribution < 1.29 is 4.74 Å². The van der Waals surface area contributed by atoms with E-state index >= 15 is 0 Å². The van der Waals surface area contributed by atoms with Gasteiger partial charge in [-0.15, -0.1) is 0 Å². The SMILES string of the molecule is Cc1cccc(C)c1OCCNC1CCCCCC1. The predicted octanol–water partition coefficient (Wildman–Crippen LogP) is 3.99. The summed E-state index contributed by atoms with van der Waals surface area (Å²) in [6.45, 7) is 5.95. The molecule has 0 radical (unpaired) electrons. The first-order valence-electron chi connectivity index (χ1n) is 7.70. The summed E-state index contributed by atoms with van der Waals surface area (Å²) in [4.78, 5) is 0. The lowest BCUT2D eigenvalue weighted by atomic mass is 10.1. The van der Waals surface area contributed by atoms with E-state index in [9.17, 15) is 0 Å². The van der Waals surface area contributed by atoms with Gasteiger partial charge < -0.3 is 10.1 Å². The van der Waals surface area contributed by atoms with Gasteiger partial charge in [-0.3, -0.25) is 0 Å². The maximum Gasteiger partial charge on any atom is 0.125 e. The first-order valence-corrected chi connectivity index (χ1v) is 7.70. The topological polar surface area (TPSA) is 21.3 Å². The third-order valence-electron chi connectivity index (χ3n) is 4.05. The molecule has 1 aliphatic carbocycles. The second kappa shape index (κ2) is 7.54. The molecule has 0 amide bonds. The van der Waals surface area contributed by atoms with Crippen molar-refractivity contribution in [2.45, 2.75) is 58.4 Å². The smallest absolute Gasteiger partial charge is 0.125 e. The minimum atomic E-state index is 0.712. The summed E-state index contributed by atoms with van der Waals surface area (Å²) in [7, 11) is 0. The lowest BCUT2D eigenvalue weighted by Crippen LogP contribution is -2.32. The number of ether oxygens (including phenoxy) is 1. The van der Waals surface area contributed by atoms with E-state index in [1.807, 2.05) is 0 Å². The molecule has 0 atom stereocenters. The molecule has 0 aromatic heterocycles. The normalized spacial score (nSPS) is 17.2. The lowest BCUT2D eigenvalue weighted by Gasteiger charge is -2.17. The molecule has 1 aromatic carbocycles. The third-order valence-corrected chi connectivity index (χ3v) is 4.05. The zero-order valence-electron chi connectivity index (χ0n) is 12.4. The maximum atomic E-state index is 5.93. The molecule has 106 valence electrons. The van der Waals surface area contributed by atoms with E-state index in [1.165, 1.54) is 49.7 Å². The van der Waals surface area contributed by atoms with Crippen molar-refractivity contribution in [3.05, 3.63) is 29.3 Å². The van der Waals surface area contributed by atoms with Crippen LogP contribution in [0.25, 0.3) is 0 Å². The van der Waals surface area contributed by atoms with Gasteiger partial charge in [0.25, 0.3) is 0 Å². The molecular weight excluding hydrogens is 234 g/mol. The monoisotopic (exact) mass is 261 g/mol. The molecule has 0 unspecified atom stereocenters. The molecule has 0 spiro atoms. The highest BCUT2D eigenvalue weighted by molar-refractivity contribution is 5.39. The molecule has 19 heavy (non-hydrogen) atoms. The Morgan fingerprint density at radius 1 is 1.05 bits per heavy atom. The van der Waals surface area contributed by atoms with Gasteiger partial charge >= 0.3 is 0 Å². The Hall–Kier alpha value is -1.02. The highest BCUT2D eigenvalue weighted by Crippen LogP contribution is 2.22. The summed E-state index contributed by atoms with van der Waals surface area (Å²) >= 11 is 0. The second-order valence-electron chi connectivity index (χ2n) is 5.71. The molecular formula is C17H27NO. The maximum absolute atomic E-state index is 5.93. The van der Waals surface area contributed by atoms with Crippen molar-refractivity contribution in [3.63, 3.8) is 0 Å². The molecule has 1 fully saturated rings. The molecule has 1 saturated carbocycles. The van der Waals surface area contributed by atoms with E-state index in [4.69, 9.17) is 4.74 Å². The molecule has 1 N–H and O–H groups in total. The average Bonchev–Trinajstić information content (AvgIpc) is 2.66. The number of rotatable bonds is 5. The Bertz CT molecular complexity index is 361. The molecule has 0 aliphatic heterocycles. The second-order valence-corrected chi connectivity index (χ2v) is 5.71. The van der Waals surface area contributed by atoms with Crippen LogP contribution >= 0.6 is 0 Å². The number of benzene rings is 1. The van der Waals surface area contributed by atoms with Gasteiger partial charge in [0.15, 0.2) is 0 Å². The number of nitrogens with one attached hydrogen (secondary N) is 1. The summed E-state index contributed by atoms with van der Waals surface area (Å²) in [6, 6.07) is 7.02. The van der Waals surface area contributed by atoms with E-state index in [1.54, 1.807) is 0 Å². The summed E-state index contributed by atoms with van der Waals surface area (Å²) in [5.41, 5.74) is 2.46. The van der Waals surface area contributed by atoms with Gasteiger partial charge in [-0.25, -0.2) is 0 Å². The summed E-state index contributed by atoms with van der Waals surface area (Å²) in [6.07, 6.45) is 8.27. The zero-order chi connectivity index (χ0) is 13.5. The number of hydrogen-bond donors (Lipinski definition) is 1. The van der Waals surface area contributed by atoms with Gasteiger partial charge in [0.2, 0.25) is 0 Å². The van der Waals surface area contributed by atoms with Crippen LogP contribution < -0.4 is 10.1 Å². The van der Waals surface area contributed by atoms with Crippen molar-refractivity contribution >= 4 is 0 Å². The van der Waals surface area contributed by atoms with Crippen LogP contribution in [-0.4, -0.2) is 19.2 Å². The average molecular weight is 261 g/mol. The van der Waals surface area contributed by atoms with Crippen molar-refractivity contribution in [1.82, 2.24) is 5.32 Å². The van der Waals surface area contributed by atoms with Crippen LogP contribution in [-0.2, 0) is 0 Å². The van der Waals surface area contributed by atoms with E-state index in [0.717, 1.165) is 18.9 Å². The summed E-state index contributed by atoms with van der Waals surface area (Å²) in [5.74, 6) is 1.06. The van der Waals surface area contributed by atoms with Crippen LogP contribution in [0.15, 0.2) is 18.2 Å². The van der Waals surface area contributed by atoms with E-state index < -0.39 is 0 Å². The minimum Gasteiger partial charge on any atom is -0.492 e. The molecule has 0 bridgehead atoms. The lowest BCUT2D eigenvalue weighted by molar-refractivity contribution is 0.297. The van der Waals surface area contributed by atoms with E-state index in [2.05, 4.69) is 37.4 Å².